The molecule has 0 heterocycles. The van der Waals surface area contributed by atoms with Crippen molar-refractivity contribution in [3.8, 4) is 0 Å². The van der Waals surface area contributed by atoms with Gasteiger partial charge < -0.3 is 4.43 Å². The van der Waals surface area contributed by atoms with E-state index < -0.39 is 8.32 Å². The summed E-state index contributed by atoms with van der Waals surface area (Å²) in [4.78, 5) is 0. The molecule has 0 aromatic rings. The first-order valence-electron chi connectivity index (χ1n) is 6.26. The molecule has 88 valence electrons. The summed E-state index contributed by atoms with van der Waals surface area (Å²) in [6.45, 7) is 11.5. The van der Waals surface area contributed by atoms with Crippen LogP contribution in [0.25, 0.3) is 0 Å². The van der Waals surface area contributed by atoms with Gasteiger partial charge in [-0.1, -0.05) is 26.7 Å². The van der Waals surface area contributed by atoms with Crippen LogP contribution >= 0.6 is 0 Å². The molecule has 1 aliphatic carbocycles. The number of allylic oxidation sites excluding steroid dienone is 2. The Balaban J connectivity index is 2.67. The normalized spacial score (nSPS) is 32.5. The lowest BCUT2D eigenvalue weighted by atomic mass is 9.91. The van der Waals surface area contributed by atoms with Gasteiger partial charge in [0.25, 0.3) is 0 Å². The van der Waals surface area contributed by atoms with Gasteiger partial charge in [0.05, 0.1) is 5.76 Å². The van der Waals surface area contributed by atoms with E-state index in [1.54, 1.807) is 0 Å². The molecule has 0 aliphatic heterocycles. The zero-order chi connectivity index (χ0) is 11.5. The molecule has 0 aromatic carbocycles. The van der Waals surface area contributed by atoms with E-state index in [9.17, 15) is 0 Å². The first-order valence-corrected chi connectivity index (χ1v) is 9.67. The molecular weight excluding hydrogens is 200 g/mol. The second-order valence-electron chi connectivity index (χ2n) is 6.06. The fraction of sp³-hybridized carbons (Fsp3) is 0.846. The molecular formula is C13H26OSi. The van der Waals surface area contributed by atoms with Crippen LogP contribution in [-0.4, -0.2) is 8.32 Å². The van der Waals surface area contributed by atoms with Crippen molar-refractivity contribution in [3.05, 3.63) is 11.8 Å². The molecule has 0 fully saturated rings. The van der Waals surface area contributed by atoms with E-state index in [0.717, 1.165) is 12.3 Å². The third-order valence-corrected chi connectivity index (χ3v) is 3.69. The molecule has 0 unspecified atom stereocenters. The van der Waals surface area contributed by atoms with E-state index in [-0.39, 0.29) is 0 Å². The van der Waals surface area contributed by atoms with Gasteiger partial charge in [0.15, 0.2) is 0 Å². The monoisotopic (exact) mass is 226 g/mol. The van der Waals surface area contributed by atoms with Crippen LogP contribution in [0.4, 0.5) is 0 Å². The van der Waals surface area contributed by atoms with Gasteiger partial charge in [-0.05, 0) is 44.0 Å². The summed E-state index contributed by atoms with van der Waals surface area (Å²) in [6.07, 6.45) is 7.57. The number of rotatable bonds is 2. The van der Waals surface area contributed by atoms with Crippen LogP contribution in [0, 0.1) is 11.8 Å². The van der Waals surface area contributed by atoms with Crippen molar-refractivity contribution in [2.24, 2.45) is 11.8 Å². The predicted molar refractivity (Wildman–Crippen MR) is 69.3 cm³/mol. The number of hydrogen-bond acceptors (Lipinski definition) is 1. The second-order valence-corrected chi connectivity index (χ2v) is 10.5. The molecule has 0 saturated carbocycles. The molecule has 0 aromatic heterocycles. The molecule has 0 bridgehead atoms. The highest BCUT2D eigenvalue weighted by Gasteiger charge is 2.20. The smallest absolute Gasteiger partial charge is 0.241 e. The Morgan fingerprint density at radius 3 is 2.47 bits per heavy atom. The highest BCUT2D eigenvalue weighted by molar-refractivity contribution is 6.70. The van der Waals surface area contributed by atoms with Crippen LogP contribution < -0.4 is 0 Å². The molecule has 1 nitrogen and oxygen atoms in total. The van der Waals surface area contributed by atoms with E-state index in [1.807, 2.05) is 0 Å². The maximum Gasteiger partial charge on any atom is 0.241 e. The standard InChI is InChI=1S/C13H26OSi/c1-11-7-6-8-12(2)10-13(9-11)14-15(3,4)5/h9,11-12H,6-8,10H2,1-5H3/b13-9+/t11-,12-/m1/s1. The Hall–Kier alpha value is -0.243. The largest absolute Gasteiger partial charge is 0.548 e. The van der Waals surface area contributed by atoms with E-state index in [4.69, 9.17) is 4.43 Å². The lowest BCUT2D eigenvalue weighted by Gasteiger charge is -2.26. The van der Waals surface area contributed by atoms with Gasteiger partial charge in [0.1, 0.15) is 0 Å². The lowest BCUT2D eigenvalue weighted by Crippen LogP contribution is -2.26. The Bertz CT molecular complexity index is 227. The Morgan fingerprint density at radius 1 is 1.20 bits per heavy atom. The van der Waals surface area contributed by atoms with Crippen molar-refractivity contribution in [1.29, 1.82) is 0 Å². The molecule has 2 heteroatoms. The van der Waals surface area contributed by atoms with Crippen molar-refractivity contribution in [2.75, 3.05) is 0 Å². The van der Waals surface area contributed by atoms with Crippen LogP contribution in [0.3, 0.4) is 0 Å². The maximum atomic E-state index is 6.15. The van der Waals surface area contributed by atoms with Crippen LogP contribution in [-0.2, 0) is 4.43 Å². The lowest BCUT2D eigenvalue weighted by molar-refractivity contribution is 0.335. The van der Waals surface area contributed by atoms with Crippen LogP contribution in [0.2, 0.25) is 19.6 Å². The van der Waals surface area contributed by atoms with E-state index >= 15 is 0 Å². The first-order chi connectivity index (χ1) is 6.87. The fourth-order valence-electron chi connectivity index (χ4n) is 2.17. The molecule has 1 rings (SSSR count). The highest BCUT2D eigenvalue weighted by atomic mass is 28.4. The zero-order valence-corrected chi connectivity index (χ0v) is 12.0. The SMILES string of the molecule is C[C@@H]1CCC[C@@H](C)/C=C(/O[Si](C)(C)C)C1. The first kappa shape index (κ1) is 12.8. The van der Waals surface area contributed by atoms with E-state index in [2.05, 4.69) is 39.6 Å². The fourth-order valence-corrected chi connectivity index (χ4v) is 3.11. The Kier molecular flexibility index (Phi) is 4.44. The molecule has 2 atom stereocenters. The molecule has 0 saturated heterocycles. The maximum absolute atomic E-state index is 6.15. The second kappa shape index (κ2) is 5.20. The van der Waals surface area contributed by atoms with Crippen molar-refractivity contribution in [3.63, 3.8) is 0 Å². The average Bonchev–Trinajstić information content (AvgIpc) is 1.97. The minimum Gasteiger partial charge on any atom is -0.548 e. The molecule has 15 heavy (non-hydrogen) atoms. The van der Waals surface area contributed by atoms with Gasteiger partial charge in [-0.25, -0.2) is 0 Å². The third-order valence-electron chi connectivity index (χ3n) is 2.81. The highest BCUT2D eigenvalue weighted by Crippen LogP contribution is 2.27. The quantitative estimate of drug-likeness (QED) is 0.627. The zero-order valence-electron chi connectivity index (χ0n) is 11.0. The number of hydrogen-bond donors (Lipinski definition) is 0. The van der Waals surface area contributed by atoms with Gasteiger partial charge in [0, 0.05) is 6.42 Å². The summed E-state index contributed by atoms with van der Waals surface area (Å²) in [5, 5.41) is 0. The van der Waals surface area contributed by atoms with Crippen LogP contribution in [0.1, 0.15) is 39.5 Å². The third kappa shape index (κ3) is 5.40. The van der Waals surface area contributed by atoms with Crippen molar-refractivity contribution in [1.82, 2.24) is 0 Å². The predicted octanol–water partition coefficient (Wildman–Crippen LogP) is 4.57. The van der Waals surface area contributed by atoms with Crippen molar-refractivity contribution >= 4 is 8.32 Å². The molecule has 0 N–H and O–H groups in total. The summed E-state index contributed by atoms with van der Waals surface area (Å²) in [5.41, 5.74) is 0. The van der Waals surface area contributed by atoms with Crippen molar-refractivity contribution in [2.45, 2.75) is 59.2 Å². The minimum absolute atomic E-state index is 0.698. The van der Waals surface area contributed by atoms with Gasteiger partial charge in [-0.2, -0.15) is 0 Å². The molecule has 0 radical (unpaired) electrons. The van der Waals surface area contributed by atoms with Gasteiger partial charge in [0.2, 0.25) is 8.32 Å². The topological polar surface area (TPSA) is 9.23 Å². The van der Waals surface area contributed by atoms with E-state index in [1.165, 1.54) is 25.0 Å². The van der Waals surface area contributed by atoms with Gasteiger partial charge >= 0.3 is 0 Å². The van der Waals surface area contributed by atoms with Gasteiger partial charge in [-0.15, -0.1) is 0 Å². The van der Waals surface area contributed by atoms with Gasteiger partial charge in [-0.3, -0.25) is 0 Å². The van der Waals surface area contributed by atoms with Crippen LogP contribution in [0.5, 0.6) is 0 Å². The average molecular weight is 226 g/mol. The summed E-state index contributed by atoms with van der Waals surface area (Å²) < 4.78 is 6.15. The summed E-state index contributed by atoms with van der Waals surface area (Å²) in [5.74, 6) is 2.76. The Labute approximate surface area is 96.0 Å². The summed E-state index contributed by atoms with van der Waals surface area (Å²) >= 11 is 0. The summed E-state index contributed by atoms with van der Waals surface area (Å²) in [7, 11) is -1.41. The minimum atomic E-state index is -1.41. The van der Waals surface area contributed by atoms with Crippen molar-refractivity contribution < 1.29 is 4.43 Å². The van der Waals surface area contributed by atoms with Crippen LogP contribution in [0.15, 0.2) is 11.8 Å². The summed E-state index contributed by atoms with van der Waals surface area (Å²) in [6, 6.07) is 0. The Morgan fingerprint density at radius 2 is 1.87 bits per heavy atom. The molecule has 0 amide bonds. The van der Waals surface area contributed by atoms with E-state index in [0.29, 0.717) is 5.92 Å². The molecule has 0 spiro atoms. The molecule has 1 aliphatic rings.